The number of aryl methyl sites for hydroxylation is 2. The normalized spacial score (nSPS) is 15.6. The minimum Gasteiger partial charge on any atom is -0.339 e. The van der Waals surface area contributed by atoms with E-state index in [1.165, 1.54) is 10.6 Å². The van der Waals surface area contributed by atoms with E-state index in [9.17, 15) is 26.4 Å². The van der Waals surface area contributed by atoms with E-state index in [4.69, 9.17) is 16.4 Å². The minimum atomic E-state index is -4.64. The summed E-state index contributed by atoms with van der Waals surface area (Å²) in [4.78, 5) is 30.3. The third-order valence-electron chi connectivity index (χ3n) is 6.62. The van der Waals surface area contributed by atoms with E-state index in [2.05, 4.69) is 43.4 Å². The van der Waals surface area contributed by atoms with E-state index in [1.54, 1.807) is 6.20 Å². The predicted molar refractivity (Wildman–Crippen MR) is 158 cm³/mol. The SMILES string of the molecule is CS(=O)(=O)N1CCC(NC(=O)Nc2ccc3cc2CCc2cccc(c2)Nc2ncc(Cl)c(n2)N3)CC1.O=CC(F)(F)F. The number of hydrogen-bond donors (Lipinski definition) is 4. The standard InChI is InChI=1S/C25H28ClN7O3S.C2HF3O/c1-37(35,36)33-11-9-18(10-12-33)30-25(34)31-22-8-7-20-14-17(22)6-5-16-3-2-4-19(13-16)29-24-27-15-21(26)23(28-20)32-24;3-2(4,5)1-6/h2-4,7-8,13-15,18H,5-6,9-12H2,1H3,(H2,30,31,34)(H2,27,28,29,32);1H. The summed E-state index contributed by atoms with van der Waals surface area (Å²) < 4.78 is 56.2. The lowest BCUT2D eigenvalue weighted by Crippen LogP contribution is -2.47. The lowest BCUT2D eigenvalue weighted by Gasteiger charge is -2.30. The number of halogens is 4. The number of rotatable bonds is 3. The highest BCUT2D eigenvalue weighted by molar-refractivity contribution is 7.88. The van der Waals surface area contributed by atoms with Gasteiger partial charge in [0.2, 0.25) is 22.3 Å². The molecule has 0 unspecified atom stereocenters. The molecule has 0 radical (unpaired) electrons. The first-order chi connectivity index (χ1) is 20.3. The molecule has 2 amide bonds. The summed E-state index contributed by atoms with van der Waals surface area (Å²) in [6, 6.07) is 13.3. The van der Waals surface area contributed by atoms with Gasteiger partial charge < -0.3 is 21.3 Å². The zero-order valence-electron chi connectivity index (χ0n) is 22.9. The van der Waals surface area contributed by atoms with Crippen molar-refractivity contribution < 1.29 is 31.2 Å². The highest BCUT2D eigenvalue weighted by atomic mass is 35.5. The van der Waals surface area contributed by atoms with Crippen LogP contribution in [0.25, 0.3) is 0 Å². The quantitative estimate of drug-likeness (QED) is 0.293. The monoisotopic (exact) mass is 639 g/mol. The van der Waals surface area contributed by atoms with Crippen LogP contribution < -0.4 is 21.3 Å². The minimum absolute atomic E-state index is 0.0895. The second-order valence-corrected chi connectivity index (χ2v) is 12.3. The Morgan fingerprint density at radius 2 is 1.79 bits per heavy atom. The lowest BCUT2D eigenvalue weighted by molar-refractivity contribution is -0.156. The fraction of sp³-hybridized carbons (Fsp3) is 0.333. The Morgan fingerprint density at radius 3 is 2.47 bits per heavy atom. The van der Waals surface area contributed by atoms with E-state index in [-0.39, 0.29) is 12.1 Å². The number of sulfonamides is 1. The third-order valence-corrected chi connectivity index (χ3v) is 8.20. The van der Waals surface area contributed by atoms with Crippen LogP contribution in [0.1, 0.15) is 24.0 Å². The molecule has 0 atom stereocenters. The number of amides is 2. The van der Waals surface area contributed by atoms with Crippen molar-refractivity contribution in [1.82, 2.24) is 19.6 Å². The highest BCUT2D eigenvalue weighted by Crippen LogP contribution is 2.29. The number of carbonyl (C=O) groups excluding carboxylic acids is 2. The number of benzene rings is 2. The molecule has 2 aliphatic heterocycles. The van der Waals surface area contributed by atoms with Crippen molar-refractivity contribution in [3.05, 3.63) is 64.8 Å². The van der Waals surface area contributed by atoms with Crippen LogP contribution in [0.2, 0.25) is 5.02 Å². The van der Waals surface area contributed by atoms with Crippen molar-refractivity contribution in [3.63, 3.8) is 0 Å². The van der Waals surface area contributed by atoms with Gasteiger partial charge >= 0.3 is 12.2 Å². The van der Waals surface area contributed by atoms with E-state index in [0.717, 1.165) is 28.9 Å². The van der Waals surface area contributed by atoms with Gasteiger partial charge in [-0.2, -0.15) is 18.2 Å². The molecule has 0 aliphatic carbocycles. The van der Waals surface area contributed by atoms with Gasteiger partial charge in [0.05, 0.1) is 12.5 Å². The fourth-order valence-corrected chi connectivity index (χ4v) is 5.55. The van der Waals surface area contributed by atoms with Crippen LogP contribution in [0.3, 0.4) is 0 Å². The number of piperidine rings is 1. The second kappa shape index (κ2) is 13.6. The zero-order chi connectivity index (χ0) is 31.2. The fourth-order valence-electron chi connectivity index (χ4n) is 4.54. The third kappa shape index (κ3) is 9.53. The van der Waals surface area contributed by atoms with E-state index in [0.29, 0.717) is 54.8 Å². The molecule has 230 valence electrons. The van der Waals surface area contributed by atoms with Crippen molar-refractivity contribution in [3.8, 4) is 0 Å². The average molecular weight is 640 g/mol. The van der Waals surface area contributed by atoms with Crippen LogP contribution in [-0.2, 0) is 27.7 Å². The van der Waals surface area contributed by atoms with E-state index in [1.807, 2.05) is 30.3 Å². The average Bonchev–Trinajstić information content (AvgIpc) is 2.95. The summed E-state index contributed by atoms with van der Waals surface area (Å²) >= 11 is 6.34. The Kier molecular flexibility index (Phi) is 10.1. The number of carbonyl (C=O) groups is 2. The number of alkyl halides is 3. The first kappa shape index (κ1) is 32.0. The van der Waals surface area contributed by atoms with Crippen LogP contribution in [0, 0.1) is 0 Å². The Hall–Kier alpha value is -3.95. The Labute approximate surface area is 251 Å². The van der Waals surface area contributed by atoms with Gasteiger partial charge in [0.25, 0.3) is 0 Å². The van der Waals surface area contributed by atoms with Gasteiger partial charge in [0.15, 0.2) is 5.82 Å². The van der Waals surface area contributed by atoms with Crippen molar-refractivity contribution in [2.75, 3.05) is 35.3 Å². The van der Waals surface area contributed by atoms with Crippen molar-refractivity contribution in [2.45, 2.75) is 37.9 Å². The molecule has 11 nitrogen and oxygen atoms in total. The number of fused-ring (bicyclic) bond motifs is 6. The molecule has 43 heavy (non-hydrogen) atoms. The van der Waals surface area contributed by atoms with Gasteiger partial charge in [-0.3, -0.25) is 4.79 Å². The molecule has 3 heterocycles. The molecule has 0 spiro atoms. The van der Waals surface area contributed by atoms with Gasteiger partial charge in [-0.25, -0.2) is 22.5 Å². The molecule has 2 aliphatic rings. The number of anilines is 5. The van der Waals surface area contributed by atoms with Crippen LogP contribution >= 0.6 is 11.6 Å². The molecule has 1 saturated heterocycles. The Balaban J connectivity index is 0.000000641. The topological polar surface area (TPSA) is 145 Å². The Bertz CT molecular complexity index is 1580. The summed E-state index contributed by atoms with van der Waals surface area (Å²) in [6.07, 6.45) is -0.346. The van der Waals surface area contributed by atoms with E-state index < -0.39 is 22.5 Å². The van der Waals surface area contributed by atoms with Gasteiger partial charge in [-0.1, -0.05) is 23.7 Å². The summed E-state index contributed by atoms with van der Waals surface area (Å²) in [5.74, 6) is 0.903. The van der Waals surface area contributed by atoms with Crippen molar-refractivity contribution >= 4 is 62.8 Å². The van der Waals surface area contributed by atoms with Crippen molar-refractivity contribution in [1.29, 1.82) is 0 Å². The van der Waals surface area contributed by atoms with Crippen LogP contribution in [0.5, 0.6) is 0 Å². The summed E-state index contributed by atoms with van der Waals surface area (Å²) in [5.41, 5.74) is 4.44. The molecular formula is C27H29ClF3N7O4S. The lowest BCUT2D eigenvalue weighted by atomic mass is 10.0. The molecule has 2 aromatic carbocycles. The molecule has 16 heteroatoms. The molecule has 3 aromatic rings. The molecule has 6 bridgehead atoms. The molecule has 1 aromatic heterocycles. The molecule has 4 N–H and O–H groups in total. The maximum absolute atomic E-state index is 12.8. The maximum atomic E-state index is 12.8. The smallest absolute Gasteiger partial charge is 0.339 e. The second-order valence-electron chi connectivity index (χ2n) is 9.91. The zero-order valence-corrected chi connectivity index (χ0v) is 24.5. The number of urea groups is 1. The number of aldehydes is 1. The molecular weight excluding hydrogens is 611 g/mol. The maximum Gasteiger partial charge on any atom is 0.446 e. The number of hydrogen-bond acceptors (Lipinski definition) is 8. The molecule has 5 rings (SSSR count). The predicted octanol–water partition coefficient (Wildman–Crippen LogP) is 5.01. The molecule has 1 fully saturated rings. The first-order valence-corrected chi connectivity index (χ1v) is 15.4. The number of nitrogens with one attached hydrogen (secondary N) is 4. The molecule has 0 saturated carbocycles. The van der Waals surface area contributed by atoms with Crippen LogP contribution in [-0.4, -0.2) is 66.6 Å². The van der Waals surface area contributed by atoms with E-state index >= 15 is 0 Å². The summed E-state index contributed by atoms with van der Waals surface area (Å²) in [7, 11) is -3.21. The largest absolute Gasteiger partial charge is 0.446 e. The van der Waals surface area contributed by atoms with Gasteiger partial charge in [-0.05, 0) is 67.1 Å². The highest BCUT2D eigenvalue weighted by Gasteiger charge is 2.26. The number of aromatic nitrogens is 2. The summed E-state index contributed by atoms with van der Waals surface area (Å²) in [5, 5.41) is 12.8. The van der Waals surface area contributed by atoms with Crippen LogP contribution in [0.15, 0.2) is 48.7 Å². The van der Waals surface area contributed by atoms with Gasteiger partial charge in [0, 0.05) is 36.2 Å². The Morgan fingerprint density at radius 1 is 1.09 bits per heavy atom. The first-order valence-electron chi connectivity index (χ1n) is 13.1. The number of nitrogens with zero attached hydrogens (tertiary/aromatic N) is 3. The van der Waals surface area contributed by atoms with Gasteiger partial charge in [-0.15, -0.1) is 0 Å². The summed E-state index contributed by atoms with van der Waals surface area (Å²) in [6.45, 7) is 0.799. The van der Waals surface area contributed by atoms with Crippen LogP contribution in [0.4, 0.5) is 46.8 Å². The van der Waals surface area contributed by atoms with Crippen molar-refractivity contribution in [2.24, 2.45) is 0 Å². The van der Waals surface area contributed by atoms with Gasteiger partial charge in [0.1, 0.15) is 5.02 Å².